The molecule has 0 spiro atoms. The highest BCUT2D eigenvalue weighted by Gasteiger charge is 2.15. The lowest BCUT2D eigenvalue weighted by Crippen LogP contribution is -2.17. The van der Waals surface area contributed by atoms with Gasteiger partial charge in [-0.2, -0.15) is 0 Å². The van der Waals surface area contributed by atoms with Crippen LogP contribution >= 0.6 is 11.6 Å². The smallest absolute Gasteiger partial charge is 0.193 e. The number of hydrogen-bond acceptors (Lipinski definition) is 7. The molecule has 0 unspecified atom stereocenters. The highest BCUT2D eigenvalue weighted by Crippen LogP contribution is 2.35. The molecule has 0 fully saturated rings. The monoisotopic (exact) mass is 404 g/mol. The van der Waals surface area contributed by atoms with Crippen molar-refractivity contribution in [1.82, 2.24) is 0 Å². The van der Waals surface area contributed by atoms with E-state index in [1.807, 2.05) is 0 Å². The maximum atomic E-state index is 12.7. The van der Waals surface area contributed by atoms with E-state index in [-0.39, 0.29) is 12.0 Å². The van der Waals surface area contributed by atoms with Gasteiger partial charge in [-0.05, 0) is 30.7 Å². The summed E-state index contributed by atoms with van der Waals surface area (Å²) >= 11 is 6.14. The van der Waals surface area contributed by atoms with Crippen molar-refractivity contribution in [2.75, 3.05) is 31.3 Å². The zero-order chi connectivity index (χ0) is 20.3. The Hall–Kier alpha value is -2.74. The SMILES string of the molecule is COc1cccc(-c2cc(=O)c3cc(Cl)cc(NCC[C@H](O)CO)c3o2)c1N. The number of hydrogen-bond donors (Lipinski definition) is 4. The molecule has 28 heavy (non-hydrogen) atoms. The zero-order valence-corrected chi connectivity index (χ0v) is 16.0. The van der Waals surface area contributed by atoms with E-state index in [2.05, 4.69) is 5.32 Å². The van der Waals surface area contributed by atoms with E-state index in [9.17, 15) is 9.90 Å². The molecule has 1 heterocycles. The highest BCUT2D eigenvalue weighted by atomic mass is 35.5. The van der Waals surface area contributed by atoms with Crippen LogP contribution in [0.4, 0.5) is 11.4 Å². The van der Waals surface area contributed by atoms with Gasteiger partial charge in [-0.1, -0.05) is 17.7 Å². The molecule has 0 amide bonds. The molecule has 148 valence electrons. The predicted octanol–water partition coefficient (Wildman–Crippen LogP) is 2.86. The van der Waals surface area contributed by atoms with Gasteiger partial charge in [0.15, 0.2) is 11.0 Å². The Morgan fingerprint density at radius 2 is 2.11 bits per heavy atom. The first-order valence-electron chi connectivity index (χ1n) is 8.67. The van der Waals surface area contributed by atoms with Crippen molar-refractivity contribution < 1.29 is 19.4 Å². The van der Waals surface area contributed by atoms with Crippen LogP contribution in [-0.4, -0.2) is 36.6 Å². The molecular weight excluding hydrogens is 384 g/mol. The van der Waals surface area contributed by atoms with E-state index in [1.165, 1.54) is 19.2 Å². The number of rotatable bonds is 7. The minimum Gasteiger partial charge on any atom is -0.495 e. The Balaban J connectivity index is 2.09. The number of anilines is 2. The number of nitrogen functional groups attached to an aromatic ring is 1. The second kappa shape index (κ2) is 8.52. The number of nitrogens with one attached hydrogen (secondary N) is 1. The molecule has 1 atom stereocenters. The molecule has 0 aliphatic heterocycles. The van der Waals surface area contributed by atoms with E-state index < -0.39 is 6.10 Å². The lowest BCUT2D eigenvalue weighted by molar-refractivity contribution is 0.0911. The van der Waals surface area contributed by atoms with Crippen LogP contribution in [0.5, 0.6) is 5.75 Å². The van der Waals surface area contributed by atoms with Crippen LogP contribution in [-0.2, 0) is 0 Å². The average Bonchev–Trinajstić information content (AvgIpc) is 2.68. The molecule has 0 saturated carbocycles. The molecule has 0 radical (unpaired) electrons. The summed E-state index contributed by atoms with van der Waals surface area (Å²) in [5, 5.41) is 22.2. The fourth-order valence-corrected chi connectivity index (χ4v) is 3.11. The molecule has 0 bridgehead atoms. The van der Waals surface area contributed by atoms with Crippen LogP contribution in [0.2, 0.25) is 5.02 Å². The van der Waals surface area contributed by atoms with Crippen molar-refractivity contribution in [3.05, 3.63) is 51.6 Å². The number of fused-ring (bicyclic) bond motifs is 1. The third kappa shape index (κ3) is 4.06. The fourth-order valence-electron chi connectivity index (χ4n) is 2.89. The number of aliphatic hydroxyl groups is 2. The van der Waals surface area contributed by atoms with Crippen molar-refractivity contribution >= 4 is 33.9 Å². The molecular formula is C20H21ClN2O5. The van der Waals surface area contributed by atoms with Crippen molar-refractivity contribution in [3.8, 4) is 17.1 Å². The van der Waals surface area contributed by atoms with Crippen LogP contribution in [0, 0.1) is 0 Å². The van der Waals surface area contributed by atoms with Gasteiger partial charge in [0.25, 0.3) is 0 Å². The van der Waals surface area contributed by atoms with Crippen LogP contribution in [0.25, 0.3) is 22.3 Å². The summed E-state index contributed by atoms with van der Waals surface area (Å²) in [6.45, 7) is 0.0265. The molecule has 3 rings (SSSR count). The summed E-state index contributed by atoms with van der Waals surface area (Å²) in [7, 11) is 1.51. The molecule has 3 aromatic rings. The Kier molecular flexibility index (Phi) is 6.08. The maximum absolute atomic E-state index is 12.7. The number of halogens is 1. The lowest BCUT2D eigenvalue weighted by Gasteiger charge is -2.13. The normalized spacial score (nSPS) is 12.1. The predicted molar refractivity (Wildman–Crippen MR) is 110 cm³/mol. The van der Waals surface area contributed by atoms with Gasteiger partial charge in [-0.15, -0.1) is 0 Å². The van der Waals surface area contributed by atoms with Crippen LogP contribution in [0.3, 0.4) is 0 Å². The van der Waals surface area contributed by atoms with Crippen LogP contribution < -0.4 is 21.2 Å². The van der Waals surface area contributed by atoms with E-state index in [0.717, 1.165) is 0 Å². The van der Waals surface area contributed by atoms with Gasteiger partial charge >= 0.3 is 0 Å². The van der Waals surface area contributed by atoms with Gasteiger partial charge in [0.05, 0.1) is 36.6 Å². The summed E-state index contributed by atoms with van der Waals surface area (Å²) in [5.74, 6) is 0.780. The summed E-state index contributed by atoms with van der Waals surface area (Å²) in [6.07, 6.45) is -0.519. The molecule has 1 aromatic heterocycles. The zero-order valence-electron chi connectivity index (χ0n) is 15.2. The Labute approximate surface area is 166 Å². The second-order valence-corrected chi connectivity index (χ2v) is 6.71. The van der Waals surface area contributed by atoms with Crippen LogP contribution in [0.1, 0.15) is 6.42 Å². The summed E-state index contributed by atoms with van der Waals surface area (Å²) < 4.78 is 11.2. The minimum absolute atomic E-state index is 0.264. The van der Waals surface area contributed by atoms with Crippen molar-refractivity contribution in [1.29, 1.82) is 0 Å². The van der Waals surface area contributed by atoms with Crippen molar-refractivity contribution in [2.24, 2.45) is 0 Å². The third-order valence-electron chi connectivity index (χ3n) is 4.35. The quantitative estimate of drug-likeness (QED) is 0.447. The average molecular weight is 405 g/mol. The minimum atomic E-state index is -0.836. The molecule has 7 nitrogen and oxygen atoms in total. The molecule has 2 aromatic carbocycles. The van der Waals surface area contributed by atoms with Gasteiger partial charge < -0.3 is 30.4 Å². The van der Waals surface area contributed by atoms with E-state index >= 15 is 0 Å². The number of ether oxygens (including phenoxy) is 1. The third-order valence-corrected chi connectivity index (χ3v) is 4.57. The maximum Gasteiger partial charge on any atom is 0.193 e. The topological polar surface area (TPSA) is 118 Å². The molecule has 0 aliphatic carbocycles. The number of methoxy groups -OCH3 is 1. The van der Waals surface area contributed by atoms with Gasteiger partial charge in [-0.3, -0.25) is 4.79 Å². The number of aliphatic hydroxyl groups excluding tert-OH is 2. The van der Waals surface area contributed by atoms with E-state index in [4.69, 9.17) is 31.6 Å². The summed E-state index contributed by atoms with van der Waals surface area (Å²) in [5.41, 5.74) is 7.61. The molecule has 8 heteroatoms. The van der Waals surface area contributed by atoms with Crippen molar-refractivity contribution in [2.45, 2.75) is 12.5 Å². The highest BCUT2D eigenvalue weighted by molar-refractivity contribution is 6.31. The first-order chi connectivity index (χ1) is 13.4. The first-order valence-corrected chi connectivity index (χ1v) is 9.05. The van der Waals surface area contributed by atoms with Gasteiger partial charge in [0.2, 0.25) is 0 Å². The Bertz CT molecular complexity index is 1050. The largest absolute Gasteiger partial charge is 0.495 e. The molecule has 5 N–H and O–H groups in total. The lowest BCUT2D eigenvalue weighted by atomic mass is 10.1. The fraction of sp³-hybridized carbons (Fsp3) is 0.250. The van der Waals surface area contributed by atoms with Gasteiger partial charge in [0, 0.05) is 23.2 Å². The van der Waals surface area contributed by atoms with Crippen LogP contribution in [0.15, 0.2) is 45.6 Å². The number of benzene rings is 2. The van der Waals surface area contributed by atoms with Gasteiger partial charge in [-0.25, -0.2) is 0 Å². The Morgan fingerprint density at radius 3 is 2.82 bits per heavy atom. The number of para-hydroxylation sites is 1. The standard InChI is InChI=1S/C20H21ClN2O5/c1-27-17-4-2-3-13(19(17)22)18-9-16(26)14-7-11(21)8-15(20(14)28-18)23-6-5-12(25)10-24/h2-4,7-9,12,23-25H,5-6,10,22H2,1H3/t12-/m0/s1. The summed E-state index contributed by atoms with van der Waals surface area (Å²) in [4.78, 5) is 12.7. The second-order valence-electron chi connectivity index (χ2n) is 6.28. The Morgan fingerprint density at radius 1 is 1.32 bits per heavy atom. The molecule has 0 aliphatic rings. The van der Waals surface area contributed by atoms with Gasteiger partial charge in [0.1, 0.15) is 11.5 Å². The van der Waals surface area contributed by atoms with Crippen molar-refractivity contribution in [3.63, 3.8) is 0 Å². The molecule has 0 saturated heterocycles. The first kappa shape index (κ1) is 20.0. The number of nitrogens with two attached hydrogens (primary N) is 1. The summed E-state index contributed by atoms with van der Waals surface area (Å²) in [6, 6.07) is 9.75. The van der Waals surface area contributed by atoms with E-state index in [1.54, 1.807) is 24.3 Å². The van der Waals surface area contributed by atoms with E-state index in [0.29, 0.717) is 57.4 Å².